The largest absolute Gasteiger partial charge is 0.356 e. The van der Waals surface area contributed by atoms with Crippen molar-refractivity contribution < 1.29 is 33.6 Å². The molecule has 0 unspecified atom stereocenters. The van der Waals surface area contributed by atoms with Crippen LogP contribution in [0.4, 0.5) is 10.5 Å². The van der Waals surface area contributed by atoms with Gasteiger partial charge in [0, 0.05) is 42.6 Å². The van der Waals surface area contributed by atoms with Gasteiger partial charge < -0.3 is 43.0 Å². The number of rotatable bonds is 23. The van der Waals surface area contributed by atoms with Crippen molar-refractivity contribution in [2.45, 2.75) is 150 Å². The van der Waals surface area contributed by atoms with Crippen molar-refractivity contribution in [3.05, 3.63) is 29.8 Å². The molecule has 0 aliphatic carbocycles. The lowest BCUT2D eigenvalue weighted by Crippen LogP contribution is -2.57. The standard InChI is InChI=1S/C40H68N8O7/c1-11-31(49)45-29(15-12-13-23-42-32(50)22-21-28(48-40(8,9)10)34(51)39(5,6)7)36(53)47-33(25(2)3)37(54)46-30(16-14-24-43-38(41)55)35(52)44-27-19-17-26(4)18-20-27/h17-20,25,28-30,33,48H,11-16,21-24H2,1-10H3,(H,42,50)(H,44,52)(H,45,49)(H,46,54)(H,47,53)(H3,41,43,55)/t28-,29+,30+,33+/m1/s1. The van der Waals surface area contributed by atoms with E-state index in [4.69, 9.17) is 5.73 Å². The summed E-state index contributed by atoms with van der Waals surface area (Å²) in [6.45, 7) is 19.2. The van der Waals surface area contributed by atoms with Gasteiger partial charge in [-0.3, -0.25) is 28.8 Å². The van der Waals surface area contributed by atoms with Gasteiger partial charge in [-0.2, -0.15) is 0 Å². The number of nitrogens with one attached hydrogen (secondary N) is 7. The van der Waals surface area contributed by atoms with Crippen molar-refractivity contribution in [1.82, 2.24) is 31.9 Å². The molecule has 310 valence electrons. The molecule has 15 heteroatoms. The molecule has 0 saturated carbocycles. The Morgan fingerprint density at radius 1 is 0.673 bits per heavy atom. The highest BCUT2D eigenvalue weighted by atomic mass is 16.2. The van der Waals surface area contributed by atoms with Crippen molar-refractivity contribution in [1.29, 1.82) is 0 Å². The summed E-state index contributed by atoms with van der Waals surface area (Å²) in [5.41, 5.74) is 5.86. The first-order valence-electron chi connectivity index (χ1n) is 19.4. The van der Waals surface area contributed by atoms with Crippen molar-refractivity contribution in [3.8, 4) is 0 Å². The number of aryl methyl sites for hydroxylation is 1. The normalized spacial score (nSPS) is 13.8. The first-order valence-corrected chi connectivity index (χ1v) is 19.4. The molecule has 55 heavy (non-hydrogen) atoms. The molecule has 0 heterocycles. The van der Waals surface area contributed by atoms with Crippen LogP contribution in [0.3, 0.4) is 0 Å². The Labute approximate surface area is 327 Å². The number of amides is 7. The maximum atomic E-state index is 13.6. The van der Waals surface area contributed by atoms with Crippen molar-refractivity contribution in [2.75, 3.05) is 18.4 Å². The van der Waals surface area contributed by atoms with Crippen LogP contribution in [0, 0.1) is 18.3 Å². The third kappa shape index (κ3) is 20.1. The third-order valence-corrected chi connectivity index (χ3v) is 8.71. The highest BCUT2D eigenvalue weighted by Crippen LogP contribution is 2.21. The zero-order valence-electron chi connectivity index (χ0n) is 34.7. The Balaban J connectivity index is 2.90. The van der Waals surface area contributed by atoms with Gasteiger partial charge in [-0.25, -0.2) is 4.79 Å². The van der Waals surface area contributed by atoms with Crippen LogP contribution in [-0.4, -0.2) is 84.1 Å². The Morgan fingerprint density at radius 2 is 1.25 bits per heavy atom. The molecule has 0 bridgehead atoms. The Kier molecular flexibility index (Phi) is 20.6. The number of nitrogens with two attached hydrogens (primary N) is 1. The second-order valence-corrected chi connectivity index (χ2v) is 16.5. The number of anilines is 1. The Morgan fingerprint density at radius 3 is 1.80 bits per heavy atom. The third-order valence-electron chi connectivity index (χ3n) is 8.71. The molecule has 9 N–H and O–H groups in total. The second kappa shape index (κ2) is 23.4. The molecule has 1 aromatic carbocycles. The van der Waals surface area contributed by atoms with Crippen LogP contribution < -0.4 is 43.0 Å². The van der Waals surface area contributed by atoms with E-state index in [1.165, 1.54) is 0 Å². The number of carbonyl (C=O) groups is 7. The monoisotopic (exact) mass is 773 g/mol. The van der Waals surface area contributed by atoms with E-state index in [9.17, 15) is 33.6 Å². The lowest BCUT2D eigenvalue weighted by atomic mass is 9.84. The number of primary amides is 1. The number of ketones is 1. The molecule has 0 aliphatic rings. The summed E-state index contributed by atoms with van der Waals surface area (Å²) in [5, 5.41) is 19.8. The fraction of sp³-hybridized carbons (Fsp3) is 0.675. The lowest BCUT2D eigenvalue weighted by Gasteiger charge is -2.31. The number of Topliss-reactive ketones (excluding diaryl/α,β-unsaturated/α-hetero) is 1. The molecule has 0 fully saturated rings. The molecule has 0 radical (unpaired) electrons. The van der Waals surface area contributed by atoms with E-state index in [0.29, 0.717) is 37.9 Å². The highest BCUT2D eigenvalue weighted by Gasteiger charge is 2.33. The quantitative estimate of drug-likeness (QED) is 0.0768. The first kappa shape index (κ1) is 48.5. The molecule has 1 rings (SSSR count). The summed E-state index contributed by atoms with van der Waals surface area (Å²) in [4.78, 5) is 89.8. The van der Waals surface area contributed by atoms with Crippen LogP contribution in [-0.2, 0) is 28.8 Å². The van der Waals surface area contributed by atoms with Crippen LogP contribution >= 0.6 is 0 Å². The zero-order chi connectivity index (χ0) is 41.9. The Hall–Kier alpha value is -4.53. The minimum Gasteiger partial charge on any atom is -0.356 e. The summed E-state index contributed by atoms with van der Waals surface area (Å²) in [6.07, 6.45) is 2.47. The molecule has 15 nitrogen and oxygen atoms in total. The second-order valence-electron chi connectivity index (χ2n) is 16.5. The number of benzene rings is 1. The van der Waals surface area contributed by atoms with Crippen LogP contribution in [0.2, 0.25) is 0 Å². The molecule has 0 aliphatic heterocycles. The van der Waals surface area contributed by atoms with Gasteiger partial charge in [0.25, 0.3) is 0 Å². The van der Waals surface area contributed by atoms with Gasteiger partial charge in [0.2, 0.25) is 29.5 Å². The van der Waals surface area contributed by atoms with Gasteiger partial charge in [0.1, 0.15) is 18.1 Å². The number of carbonyl (C=O) groups excluding carboxylic acids is 7. The number of hydrogen-bond acceptors (Lipinski definition) is 8. The van der Waals surface area contributed by atoms with Crippen LogP contribution in [0.25, 0.3) is 0 Å². The smallest absolute Gasteiger partial charge is 0.312 e. The van der Waals surface area contributed by atoms with E-state index in [2.05, 4.69) is 37.2 Å². The van der Waals surface area contributed by atoms with Crippen molar-refractivity contribution >= 4 is 47.0 Å². The Bertz CT molecular complexity index is 1430. The van der Waals surface area contributed by atoms with Crippen LogP contribution in [0.15, 0.2) is 24.3 Å². The summed E-state index contributed by atoms with van der Waals surface area (Å²) >= 11 is 0. The number of unbranched alkanes of at least 4 members (excludes halogenated alkanes) is 1. The average molecular weight is 773 g/mol. The molecule has 7 amide bonds. The molecule has 4 atom stereocenters. The minimum absolute atomic E-state index is 0.0453. The summed E-state index contributed by atoms with van der Waals surface area (Å²) in [7, 11) is 0. The van der Waals surface area contributed by atoms with E-state index >= 15 is 0 Å². The van der Waals surface area contributed by atoms with E-state index in [-0.39, 0.29) is 61.3 Å². The number of urea groups is 1. The SMILES string of the molecule is CCC(=O)N[C@@H](CCCCNC(=O)CC[C@@H](NC(C)(C)C)C(=O)C(C)(C)C)C(=O)N[C@H](C(=O)N[C@@H](CCCNC(N)=O)C(=O)Nc1ccc(C)cc1)C(C)C. The van der Waals surface area contributed by atoms with Gasteiger partial charge in [-0.1, -0.05) is 59.2 Å². The van der Waals surface area contributed by atoms with Crippen LogP contribution in [0.1, 0.15) is 119 Å². The maximum Gasteiger partial charge on any atom is 0.312 e. The van der Waals surface area contributed by atoms with Crippen molar-refractivity contribution in [3.63, 3.8) is 0 Å². The van der Waals surface area contributed by atoms with Gasteiger partial charge in [-0.15, -0.1) is 0 Å². The summed E-state index contributed by atoms with van der Waals surface area (Å²) < 4.78 is 0. The maximum absolute atomic E-state index is 13.6. The topological polar surface area (TPSA) is 230 Å². The fourth-order valence-corrected chi connectivity index (χ4v) is 5.65. The van der Waals surface area contributed by atoms with E-state index in [1.807, 2.05) is 60.6 Å². The molecule has 0 spiro atoms. The predicted octanol–water partition coefficient (Wildman–Crippen LogP) is 3.34. The fourth-order valence-electron chi connectivity index (χ4n) is 5.65. The first-order chi connectivity index (χ1) is 25.5. The minimum atomic E-state index is -1.03. The molecule has 1 aromatic rings. The van der Waals surface area contributed by atoms with E-state index in [0.717, 1.165) is 5.56 Å². The summed E-state index contributed by atoms with van der Waals surface area (Å²) in [5.74, 6) is -2.45. The molecular formula is C40H68N8O7. The molecule has 0 saturated heterocycles. The van der Waals surface area contributed by atoms with Gasteiger partial charge in [0.05, 0.1) is 6.04 Å². The predicted molar refractivity (Wildman–Crippen MR) is 215 cm³/mol. The zero-order valence-corrected chi connectivity index (χ0v) is 34.7. The van der Waals surface area contributed by atoms with Crippen molar-refractivity contribution in [2.24, 2.45) is 17.1 Å². The highest BCUT2D eigenvalue weighted by molar-refractivity contribution is 5.99. The van der Waals surface area contributed by atoms with Crippen LogP contribution in [0.5, 0.6) is 0 Å². The van der Waals surface area contributed by atoms with E-state index < -0.39 is 53.3 Å². The molecular weight excluding hydrogens is 704 g/mol. The lowest BCUT2D eigenvalue weighted by molar-refractivity contribution is -0.134. The van der Waals surface area contributed by atoms with Gasteiger partial charge in [0.15, 0.2) is 5.78 Å². The molecule has 0 aromatic heterocycles. The average Bonchev–Trinajstić information content (AvgIpc) is 3.08. The van der Waals surface area contributed by atoms with Gasteiger partial charge >= 0.3 is 6.03 Å². The van der Waals surface area contributed by atoms with Gasteiger partial charge in [-0.05, 0) is 84.3 Å². The number of hydrogen-bond donors (Lipinski definition) is 8. The van der Waals surface area contributed by atoms with E-state index in [1.54, 1.807) is 32.9 Å². The summed E-state index contributed by atoms with van der Waals surface area (Å²) in [6, 6.07) is 3.04.